The molecule has 42 heavy (non-hydrogen) atoms. The summed E-state index contributed by atoms with van der Waals surface area (Å²) in [5, 5.41) is 0.537. The highest BCUT2D eigenvalue weighted by atomic mass is 35.5. The Bertz CT molecular complexity index is 1260. The SMILES string of the molecule is CC(C)(C)OC(=O)N1CCCC12CN(C(=O)Cc1ccc(OCCCC3CCN(c4ncc(Cl)cn4)CC3)cc1F)C2. The predicted molar refractivity (Wildman–Crippen MR) is 158 cm³/mol. The van der Waals surface area contributed by atoms with E-state index in [-0.39, 0.29) is 24.0 Å². The second kappa shape index (κ2) is 12.6. The molecule has 3 fully saturated rings. The number of likely N-dealkylation sites (tertiary alicyclic amines) is 2. The lowest BCUT2D eigenvalue weighted by Crippen LogP contribution is -2.70. The minimum Gasteiger partial charge on any atom is -0.493 e. The molecule has 11 heteroatoms. The summed E-state index contributed by atoms with van der Waals surface area (Å²) in [6.45, 7) is 9.44. The van der Waals surface area contributed by atoms with Gasteiger partial charge in [-0.3, -0.25) is 9.69 Å². The van der Waals surface area contributed by atoms with Gasteiger partial charge in [0.05, 0.1) is 36.0 Å². The van der Waals surface area contributed by atoms with Gasteiger partial charge >= 0.3 is 6.09 Å². The van der Waals surface area contributed by atoms with E-state index in [1.165, 1.54) is 6.07 Å². The molecule has 0 unspecified atom stereocenters. The molecule has 228 valence electrons. The van der Waals surface area contributed by atoms with Crippen LogP contribution in [0.3, 0.4) is 0 Å². The summed E-state index contributed by atoms with van der Waals surface area (Å²) >= 11 is 5.88. The molecule has 3 aliphatic heterocycles. The molecule has 9 nitrogen and oxygen atoms in total. The number of nitrogens with zero attached hydrogens (tertiary/aromatic N) is 5. The van der Waals surface area contributed by atoms with Gasteiger partial charge in [0.25, 0.3) is 0 Å². The summed E-state index contributed by atoms with van der Waals surface area (Å²) in [5.41, 5.74) is -0.586. The summed E-state index contributed by atoms with van der Waals surface area (Å²) in [6.07, 6.45) is 8.71. The van der Waals surface area contributed by atoms with Crippen molar-refractivity contribution in [2.45, 2.75) is 76.9 Å². The van der Waals surface area contributed by atoms with Crippen molar-refractivity contribution in [1.82, 2.24) is 19.8 Å². The van der Waals surface area contributed by atoms with Gasteiger partial charge in [-0.15, -0.1) is 0 Å². The number of ether oxygens (including phenoxy) is 2. The van der Waals surface area contributed by atoms with E-state index in [1.807, 2.05) is 20.8 Å². The maximum atomic E-state index is 14.9. The normalized spacial score (nSPS) is 18.7. The van der Waals surface area contributed by atoms with Gasteiger partial charge in [0.15, 0.2) is 0 Å². The molecule has 1 spiro atoms. The van der Waals surface area contributed by atoms with Crippen LogP contribution in [0, 0.1) is 11.7 Å². The molecule has 0 aliphatic carbocycles. The number of rotatable bonds is 8. The third-order valence-electron chi connectivity index (χ3n) is 8.43. The first kappa shape index (κ1) is 30.3. The van der Waals surface area contributed by atoms with Crippen molar-refractivity contribution in [3.63, 3.8) is 0 Å². The van der Waals surface area contributed by atoms with E-state index < -0.39 is 11.4 Å². The largest absolute Gasteiger partial charge is 0.493 e. The standard InChI is InChI=1S/C31H41ClFN5O4/c1-30(2,3)42-29(40)38-12-5-11-31(38)20-37(21-31)27(39)16-23-7-8-25(17-26(23)33)41-15-4-6-22-9-13-36(14-10-22)28-34-18-24(32)19-35-28/h7-8,17-19,22H,4-6,9-16,20-21H2,1-3H3. The van der Waals surface area contributed by atoms with Crippen molar-refractivity contribution in [2.75, 3.05) is 44.2 Å². The van der Waals surface area contributed by atoms with Gasteiger partial charge in [-0.25, -0.2) is 19.2 Å². The van der Waals surface area contributed by atoms with Crippen molar-refractivity contribution in [2.24, 2.45) is 5.92 Å². The summed E-state index contributed by atoms with van der Waals surface area (Å²) in [4.78, 5) is 39.9. The predicted octanol–water partition coefficient (Wildman–Crippen LogP) is 5.50. The molecule has 2 aromatic rings. The van der Waals surface area contributed by atoms with Gasteiger partial charge in [0.1, 0.15) is 17.2 Å². The van der Waals surface area contributed by atoms with Gasteiger partial charge in [-0.05, 0) is 76.8 Å². The quantitative estimate of drug-likeness (QED) is 0.369. The molecule has 0 bridgehead atoms. The zero-order valence-electron chi connectivity index (χ0n) is 24.8. The van der Waals surface area contributed by atoms with Crippen LogP contribution in [-0.2, 0) is 16.0 Å². The van der Waals surface area contributed by atoms with Crippen molar-refractivity contribution in [1.29, 1.82) is 0 Å². The number of carbonyl (C=O) groups excluding carboxylic acids is 2. The van der Waals surface area contributed by atoms with E-state index >= 15 is 0 Å². The molecule has 0 radical (unpaired) electrons. The van der Waals surface area contributed by atoms with Crippen LogP contribution >= 0.6 is 11.6 Å². The molecule has 0 N–H and O–H groups in total. The number of amides is 2. The average molecular weight is 602 g/mol. The lowest BCUT2D eigenvalue weighted by molar-refractivity contribution is -0.143. The summed E-state index contributed by atoms with van der Waals surface area (Å²) in [7, 11) is 0. The fraction of sp³-hybridized carbons (Fsp3) is 0.613. The van der Waals surface area contributed by atoms with Crippen molar-refractivity contribution in [3.05, 3.63) is 47.0 Å². The number of hydrogen-bond donors (Lipinski definition) is 0. The van der Waals surface area contributed by atoms with E-state index in [4.69, 9.17) is 21.1 Å². The molecular formula is C31H41ClFN5O4. The van der Waals surface area contributed by atoms with Crippen LogP contribution in [0.15, 0.2) is 30.6 Å². The highest BCUT2D eigenvalue weighted by Gasteiger charge is 2.54. The Morgan fingerprint density at radius 2 is 1.83 bits per heavy atom. The third-order valence-corrected chi connectivity index (χ3v) is 8.62. The zero-order valence-corrected chi connectivity index (χ0v) is 25.5. The average Bonchev–Trinajstić information content (AvgIpc) is 3.38. The Kier molecular flexibility index (Phi) is 9.11. The first-order valence-corrected chi connectivity index (χ1v) is 15.3. The Morgan fingerprint density at radius 1 is 1.12 bits per heavy atom. The summed E-state index contributed by atoms with van der Waals surface area (Å²) in [5.74, 6) is 1.23. The maximum absolute atomic E-state index is 14.9. The topological polar surface area (TPSA) is 88.1 Å². The highest BCUT2D eigenvalue weighted by Crippen LogP contribution is 2.39. The lowest BCUT2D eigenvalue weighted by Gasteiger charge is -2.52. The van der Waals surface area contributed by atoms with Crippen LogP contribution in [0.5, 0.6) is 5.75 Å². The van der Waals surface area contributed by atoms with E-state index in [0.29, 0.717) is 48.5 Å². The van der Waals surface area contributed by atoms with Crippen LogP contribution < -0.4 is 9.64 Å². The van der Waals surface area contributed by atoms with Crippen LogP contribution in [0.25, 0.3) is 0 Å². The minimum atomic E-state index is -0.569. The molecule has 5 rings (SSSR count). The Balaban J connectivity index is 1.02. The molecule has 0 saturated carbocycles. The number of benzene rings is 1. The van der Waals surface area contributed by atoms with Crippen LogP contribution in [-0.4, -0.2) is 82.2 Å². The monoisotopic (exact) mass is 601 g/mol. The number of aromatic nitrogens is 2. The fourth-order valence-electron chi connectivity index (χ4n) is 6.20. The number of anilines is 1. The first-order valence-electron chi connectivity index (χ1n) is 14.9. The molecule has 4 heterocycles. The van der Waals surface area contributed by atoms with Crippen molar-refractivity contribution < 1.29 is 23.5 Å². The van der Waals surface area contributed by atoms with E-state index in [1.54, 1.807) is 34.3 Å². The van der Waals surface area contributed by atoms with Crippen molar-refractivity contribution in [3.8, 4) is 5.75 Å². The number of halogens is 2. The maximum Gasteiger partial charge on any atom is 0.410 e. The Morgan fingerprint density at radius 3 is 2.50 bits per heavy atom. The van der Waals surface area contributed by atoms with Gasteiger partial charge < -0.3 is 19.3 Å². The van der Waals surface area contributed by atoms with Gasteiger partial charge in [-0.2, -0.15) is 0 Å². The van der Waals surface area contributed by atoms with E-state index in [0.717, 1.165) is 57.6 Å². The minimum absolute atomic E-state index is 0.0195. The van der Waals surface area contributed by atoms with Crippen LogP contribution in [0.4, 0.5) is 15.1 Å². The fourth-order valence-corrected chi connectivity index (χ4v) is 6.30. The van der Waals surface area contributed by atoms with Gasteiger partial charge in [-0.1, -0.05) is 17.7 Å². The van der Waals surface area contributed by atoms with Crippen LogP contribution in [0.2, 0.25) is 5.02 Å². The van der Waals surface area contributed by atoms with Crippen molar-refractivity contribution >= 4 is 29.5 Å². The summed E-state index contributed by atoms with van der Waals surface area (Å²) in [6, 6.07) is 4.73. The Labute approximate surface area is 252 Å². The highest BCUT2D eigenvalue weighted by molar-refractivity contribution is 6.30. The number of piperidine rings is 1. The first-order chi connectivity index (χ1) is 20.0. The Hall–Kier alpha value is -3.14. The second-order valence-corrected chi connectivity index (χ2v) is 13.2. The summed E-state index contributed by atoms with van der Waals surface area (Å²) < 4.78 is 26.3. The molecule has 1 aromatic heterocycles. The number of carbonyl (C=O) groups is 2. The molecule has 2 amide bonds. The molecule has 0 atom stereocenters. The number of hydrogen-bond acceptors (Lipinski definition) is 7. The lowest BCUT2D eigenvalue weighted by atomic mass is 9.86. The van der Waals surface area contributed by atoms with E-state index in [9.17, 15) is 14.0 Å². The van der Waals surface area contributed by atoms with Gasteiger partial charge in [0, 0.05) is 38.8 Å². The molecular weight excluding hydrogens is 561 g/mol. The third kappa shape index (κ3) is 7.25. The zero-order chi connectivity index (χ0) is 29.9. The second-order valence-electron chi connectivity index (χ2n) is 12.8. The molecule has 3 saturated heterocycles. The van der Waals surface area contributed by atoms with Gasteiger partial charge in [0.2, 0.25) is 11.9 Å². The molecule has 3 aliphatic rings. The smallest absolute Gasteiger partial charge is 0.410 e. The molecule has 1 aromatic carbocycles. The van der Waals surface area contributed by atoms with E-state index in [2.05, 4.69) is 14.9 Å². The van der Waals surface area contributed by atoms with Crippen LogP contribution in [0.1, 0.15) is 64.9 Å².